The molecular weight excluding hydrogens is 258 g/mol. The largest absolute Gasteiger partial charge is 0.381 e. The van der Waals surface area contributed by atoms with E-state index < -0.39 is 0 Å². The van der Waals surface area contributed by atoms with Crippen LogP contribution in [0.25, 0.3) is 0 Å². The average molecular weight is 283 g/mol. The summed E-state index contributed by atoms with van der Waals surface area (Å²) < 4.78 is 0. The molecule has 0 unspecified atom stereocenters. The first-order valence-corrected chi connectivity index (χ1v) is 7.68. The van der Waals surface area contributed by atoms with Crippen LogP contribution in [0.4, 0.5) is 5.69 Å². The molecule has 0 fully saturated rings. The molecule has 0 aliphatic heterocycles. The zero-order valence-electron chi connectivity index (χ0n) is 13.3. The summed E-state index contributed by atoms with van der Waals surface area (Å²) in [7, 11) is 0. The Morgan fingerprint density at radius 3 is 2.52 bits per heavy atom. The second kappa shape index (κ2) is 7.79. The molecule has 0 aliphatic carbocycles. The monoisotopic (exact) mass is 283 g/mol. The lowest BCUT2D eigenvalue weighted by atomic mass is 10.1. The average Bonchev–Trinajstić information content (AvgIpc) is 2.52. The molecule has 0 saturated carbocycles. The Morgan fingerprint density at radius 1 is 1.05 bits per heavy atom. The van der Waals surface area contributed by atoms with Gasteiger partial charge in [0.05, 0.1) is 0 Å². The molecule has 112 valence electrons. The van der Waals surface area contributed by atoms with E-state index in [1.165, 1.54) is 16.8 Å². The van der Waals surface area contributed by atoms with Gasteiger partial charge < -0.3 is 5.32 Å². The third-order valence-electron chi connectivity index (χ3n) is 3.70. The van der Waals surface area contributed by atoms with Gasteiger partial charge in [0.1, 0.15) is 0 Å². The van der Waals surface area contributed by atoms with E-state index in [1.807, 2.05) is 19.2 Å². The van der Waals surface area contributed by atoms with Crippen LogP contribution in [0.15, 0.2) is 42.6 Å². The molecule has 1 heterocycles. The van der Waals surface area contributed by atoms with Crippen LogP contribution in [0.1, 0.15) is 30.7 Å². The first-order chi connectivity index (χ1) is 10.2. The summed E-state index contributed by atoms with van der Waals surface area (Å²) in [5.74, 6) is 0. The van der Waals surface area contributed by atoms with Crippen LogP contribution in [-0.4, -0.2) is 23.0 Å². The summed E-state index contributed by atoms with van der Waals surface area (Å²) in [6, 6.07) is 12.8. The summed E-state index contributed by atoms with van der Waals surface area (Å²) in [4.78, 5) is 6.74. The number of benzene rings is 1. The van der Waals surface area contributed by atoms with E-state index in [9.17, 15) is 0 Å². The number of hydrogen-bond donors (Lipinski definition) is 1. The summed E-state index contributed by atoms with van der Waals surface area (Å²) in [6.45, 7) is 10.4. The first-order valence-electron chi connectivity index (χ1n) is 7.68. The van der Waals surface area contributed by atoms with E-state index in [0.717, 1.165) is 31.9 Å². The summed E-state index contributed by atoms with van der Waals surface area (Å²) in [6.07, 6.45) is 1.93. The minimum absolute atomic E-state index is 0.808. The van der Waals surface area contributed by atoms with Crippen molar-refractivity contribution < 1.29 is 0 Å². The Morgan fingerprint density at radius 2 is 1.86 bits per heavy atom. The van der Waals surface area contributed by atoms with Crippen LogP contribution < -0.4 is 5.32 Å². The van der Waals surface area contributed by atoms with Gasteiger partial charge >= 0.3 is 0 Å². The molecule has 2 rings (SSSR count). The van der Waals surface area contributed by atoms with Crippen LogP contribution in [0.2, 0.25) is 0 Å². The fraction of sp³-hybridized carbons (Fsp3) is 0.389. The lowest BCUT2D eigenvalue weighted by Crippen LogP contribution is -2.22. The Kier molecular flexibility index (Phi) is 5.76. The van der Waals surface area contributed by atoms with Crippen molar-refractivity contribution in [3.05, 3.63) is 59.4 Å². The normalized spacial score (nSPS) is 10.9. The molecule has 2 aromatic rings. The van der Waals surface area contributed by atoms with Gasteiger partial charge in [-0.1, -0.05) is 32.0 Å². The number of nitrogens with zero attached hydrogens (tertiary/aromatic N) is 2. The summed E-state index contributed by atoms with van der Waals surface area (Å²) in [5, 5.41) is 3.47. The molecule has 0 spiro atoms. The van der Waals surface area contributed by atoms with Crippen molar-refractivity contribution >= 4 is 5.69 Å². The van der Waals surface area contributed by atoms with Crippen molar-refractivity contribution in [2.75, 3.05) is 18.4 Å². The molecule has 1 aromatic carbocycles. The third kappa shape index (κ3) is 4.87. The first kappa shape index (κ1) is 15.5. The van der Waals surface area contributed by atoms with E-state index in [4.69, 9.17) is 0 Å². The number of nitrogens with one attached hydrogen (secondary N) is 1. The van der Waals surface area contributed by atoms with Gasteiger partial charge in [0.15, 0.2) is 0 Å². The number of aromatic nitrogens is 1. The Bertz CT molecular complexity index is 545. The molecule has 1 N–H and O–H groups in total. The maximum atomic E-state index is 4.32. The number of rotatable bonds is 7. The van der Waals surface area contributed by atoms with Gasteiger partial charge in [-0.05, 0) is 49.3 Å². The van der Waals surface area contributed by atoms with Gasteiger partial charge in [0.2, 0.25) is 0 Å². The zero-order valence-corrected chi connectivity index (χ0v) is 13.3. The number of hydrogen-bond acceptors (Lipinski definition) is 3. The molecule has 0 atom stereocenters. The SMILES string of the molecule is CCN(CC)Cc1cccc(NCc2ccc(C)nc2)c1. The number of aryl methyl sites for hydroxylation is 1. The summed E-state index contributed by atoms with van der Waals surface area (Å²) in [5.41, 5.74) is 4.78. The van der Waals surface area contributed by atoms with Crippen molar-refractivity contribution in [1.29, 1.82) is 0 Å². The predicted octanol–water partition coefficient (Wildman–Crippen LogP) is 3.84. The van der Waals surface area contributed by atoms with E-state index in [1.54, 1.807) is 0 Å². The second-order valence-corrected chi connectivity index (χ2v) is 5.32. The molecule has 0 aliphatic rings. The molecule has 3 nitrogen and oxygen atoms in total. The molecule has 21 heavy (non-hydrogen) atoms. The van der Waals surface area contributed by atoms with Crippen molar-refractivity contribution in [2.24, 2.45) is 0 Å². The Hall–Kier alpha value is -1.87. The van der Waals surface area contributed by atoms with Gasteiger partial charge in [-0.15, -0.1) is 0 Å². The van der Waals surface area contributed by atoms with Gasteiger partial charge in [-0.3, -0.25) is 9.88 Å². The minimum atomic E-state index is 0.808. The standard InChI is InChI=1S/C18H25N3/c1-4-21(5-2)14-16-7-6-8-18(11-16)20-13-17-10-9-15(3)19-12-17/h6-12,20H,4-5,13-14H2,1-3H3. The fourth-order valence-corrected chi connectivity index (χ4v) is 2.29. The minimum Gasteiger partial charge on any atom is -0.381 e. The zero-order chi connectivity index (χ0) is 15.1. The Labute approximate surface area is 128 Å². The van der Waals surface area contributed by atoms with Crippen molar-refractivity contribution in [3.8, 4) is 0 Å². The van der Waals surface area contributed by atoms with Crippen molar-refractivity contribution in [3.63, 3.8) is 0 Å². The van der Waals surface area contributed by atoms with E-state index in [0.29, 0.717) is 0 Å². The number of pyridine rings is 1. The quantitative estimate of drug-likeness (QED) is 0.836. The molecule has 0 bridgehead atoms. The van der Waals surface area contributed by atoms with Gasteiger partial charge in [0, 0.05) is 30.7 Å². The molecule has 0 radical (unpaired) electrons. The Balaban J connectivity index is 1.95. The van der Waals surface area contributed by atoms with Crippen LogP contribution >= 0.6 is 0 Å². The predicted molar refractivity (Wildman–Crippen MR) is 89.4 cm³/mol. The van der Waals surface area contributed by atoms with Crippen LogP contribution in [0.5, 0.6) is 0 Å². The third-order valence-corrected chi connectivity index (χ3v) is 3.70. The van der Waals surface area contributed by atoms with Gasteiger partial charge in [-0.25, -0.2) is 0 Å². The molecular formula is C18H25N3. The lowest BCUT2D eigenvalue weighted by Gasteiger charge is -2.18. The highest BCUT2D eigenvalue weighted by Gasteiger charge is 2.02. The highest BCUT2D eigenvalue weighted by Crippen LogP contribution is 2.14. The van der Waals surface area contributed by atoms with E-state index in [-0.39, 0.29) is 0 Å². The van der Waals surface area contributed by atoms with E-state index in [2.05, 4.69) is 59.4 Å². The van der Waals surface area contributed by atoms with E-state index >= 15 is 0 Å². The van der Waals surface area contributed by atoms with Crippen LogP contribution in [0.3, 0.4) is 0 Å². The summed E-state index contributed by atoms with van der Waals surface area (Å²) >= 11 is 0. The number of anilines is 1. The molecule has 3 heteroatoms. The smallest absolute Gasteiger partial charge is 0.0416 e. The van der Waals surface area contributed by atoms with Gasteiger partial charge in [-0.2, -0.15) is 0 Å². The molecule has 1 aromatic heterocycles. The van der Waals surface area contributed by atoms with Gasteiger partial charge in [0.25, 0.3) is 0 Å². The van der Waals surface area contributed by atoms with Crippen molar-refractivity contribution in [2.45, 2.75) is 33.9 Å². The fourth-order valence-electron chi connectivity index (χ4n) is 2.29. The molecule has 0 saturated heterocycles. The maximum absolute atomic E-state index is 4.32. The highest BCUT2D eigenvalue weighted by molar-refractivity contribution is 5.46. The lowest BCUT2D eigenvalue weighted by molar-refractivity contribution is 0.296. The van der Waals surface area contributed by atoms with Crippen LogP contribution in [-0.2, 0) is 13.1 Å². The maximum Gasteiger partial charge on any atom is 0.0416 e. The van der Waals surface area contributed by atoms with Crippen molar-refractivity contribution in [1.82, 2.24) is 9.88 Å². The highest BCUT2D eigenvalue weighted by atomic mass is 15.1. The second-order valence-electron chi connectivity index (χ2n) is 5.32. The van der Waals surface area contributed by atoms with Crippen LogP contribution in [0, 0.1) is 6.92 Å². The molecule has 0 amide bonds. The topological polar surface area (TPSA) is 28.2 Å².